The molecule has 0 rings (SSSR count). The van der Waals surface area contributed by atoms with Gasteiger partial charge in [0.2, 0.25) is 0 Å². The van der Waals surface area contributed by atoms with Crippen LogP contribution in [-0.2, 0) is 4.79 Å². The standard InChI is InChI=1S/C6H9ClN2O/c1-3-5(8)6(10)9-4(2)7/h3H,2,8H2,1H3,(H,9,10)/b5-3+. The van der Waals surface area contributed by atoms with Crippen molar-refractivity contribution >= 4 is 17.5 Å². The molecule has 3 nitrogen and oxygen atoms in total. The lowest BCUT2D eigenvalue weighted by molar-refractivity contribution is -0.116. The number of rotatable bonds is 2. The Morgan fingerprint density at radius 2 is 2.30 bits per heavy atom. The van der Waals surface area contributed by atoms with Crippen LogP contribution in [0.25, 0.3) is 0 Å². The summed E-state index contributed by atoms with van der Waals surface area (Å²) < 4.78 is 0. The van der Waals surface area contributed by atoms with Crippen LogP contribution in [0.3, 0.4) is 0 Å². The molecule has 4 heteroatoms. The zero-order valence-corrected chi connectivity index (χ0v) is 6.40. The Hall–Kier alpha value is -0.960. The van der Waals surface area contributed by atoms with Gasteiger partial charge in [0.05, 0.1) is 5.70 Å². The first-order valence-corrected chi connectivity index (χ1v) is 3.03. The molecule has 3 N–H and O–H groups in total. The number of hydrogen-bond acceptors (Lipinski definition) is 2. The Morgan fingerprint density at radius 3 is 2.60 bits per heavy atom. The maximum Gasteiger partial charge on any atom is 0.271 e. The van der Waals surface area contributed by atoms with Gasteiger partial charge in [0.1, 0.15) is 5.16 Å². The Bertz CT molecular complexity index is 186. The van der Waals surface area contributed by atoms with Crippen LogP contribution in [0.4, 0.5) is 0 Å². The lowest BCUT2D eigenvalue weighted by atomic mass is 10.4. The molecule has 0 saturated carbocycles. The van der Waals surface area contributed by atoms with E-state index in [0.29, 0.717) is 0 Å². The largest absolute Gasteiger partial charge is 0.395 e. The van der Waals surface area contributed by atoms with Crippen molar-refractivity contribution in [2.24, 2.45) is 5.73 Å². The van der Waals surface area contributed by atoms with Crippen LogP contribution in [0.2, 0.25) is 0 Å². The van der Waals surface area contributed by atoms with Crippen LogP contribution < -0.4 is 11.1 Å². The highest BCUT2D eigenvalue weighted by atomic mass is 35.5. The van der Waals surface area contributed by atoms with Gasteiger partial charge in [-0.15, -0.1) is 0 Å². The van der Waals surface area contributed by atoms with Crippen molar-refractivity contribution < 1.29 is 4.79 Å². The SMILES string of the molecule is C=C(Cl)NC(=O)/C(N)=C\C. The fraction of sp³-hybridized carbons (Fsp3) is 0.167. The molecule has 0 aliphatic heterocycles. The maximum absolute atomic E-state index is 10.7. The number of amides is 1. The molecule has 0 unspecified atom stereocenters. The van der Waals surface area contributed by atoms with Gasteiger partial charge in [-0.2, -0.15) is 0 Å². The van der Waals surface area contributed by atoms with Crippen molar-refractivity contribution in [2.45, 2.75) is 6.92 Å². The summed E-state index contributed by atoms with van der Waals surface area (Å²) in [5.41, 5.74) is 5.34. The average Bonchev–Trinajstić information content (AvgIpc) is 1.85. The van der Waals surface area contributed by atoms with Crippen LogP contribution in [0.15, 0.2) is 23.5 Å². The molecule has 0 aromatic rings. The first-order chi connectivity index (χ1) is 4.57. The summed E-state index contributed by atoms with van der Waals surface area (Å²) in [7, 11) is 0. The van der Waals surface area contributed by atoms with Crippen LogP contribution in [0.5, 0.6) is 0 Å². The van der Waals surface area contributed by atoms with Crippen LogP contribution in [0.1, 0.15) is 6.92 Å². The molecule has 0 aromatic carbocycles. The highest BCUT2D eigenvalue weighted by molar-refractivity contribution is 6.30. The molecule has 0 heterocycles. The summed E-state index contributed by atoms with van der Waals surface area (Å²) in [6, 6.07) is 0. The van der Waals surface area contributed by atoms with Crippen LogP contribution in [0, 0.1) is 0 Å². The number of nitrogens with two attached hydrogens (primary N) is 1. The summed E-state index contributed by atoms with van der Waals surface area (Å²) in [5.74, 6) is -0.428. The number of carbonyl (C=O) groups excluding carboxylic acids is 1. The third-order valence-electron chi connectivity index (χ3n) is 0.822. The van der Waals surface area contributed by atoms with Gasteiger partial charge in [-0.1, -0.05) is 24.3 Å². The molecule has 0 radical (unpaired) electrons. The Morgan fingerprint density at radius 1 is 1.80 bits per heavy atom. The lowest BCUT2D eigenvalue weighted by Crippen LogP contribution is -2.25. The van der Waals surface area contributed by atoms with E-state index in [1.807, 2.05) is 0 Å². The van der Waals surface area contributed by atoms with E-state index in [9.17, 15) is 4.79 Å². The van der Waals surface area contributed by atoms with Crippen LogP contribution in [-0.4, -0.2) is 5.91 Å². The van der Waals surface area contributed by atoms with E-state index < -0.39 is 5.91 Å². The van der Waals surface area contributed by atoms with Gasteiger partial charge in [0.25, 0.3) is 5.91 Å². The van der Waals surface area contributed by atoms with Gasteiger partial charge in [0, 0.05) is 0 Å². The molecule has 0 bridgehead atoms. The second-order valence-corrected chi connectivity index (χ2v) is 2.06. The molecule has 0 saturated heterocycles. The molecule has 0 atom stereocenters. The zero-order valence-electron chi connectivity index (χ0n) is 5.65. The summed E-state index contributed by atoms with van der Waals surface area (Å²) in [6.45, 7) is 4.92. The number of hydrogen-bond donors (Lipinski definition) is 2. The fourth-order valence-corrected chi connectivity index (χ4v) is 0.412. The van der Waals surface area contributed by atoms with Crippen molar-refractivity contribution in [2.75, 3.05) is 0 Å². The predicted molar refractivity (Wildman–Crippen MR) is 41.1 cm³/mol. The van der Waals surface area contributed by atoms with E-state index >= 15 is 0 Å². The summed E-state index contributed by atoms with van der Waals surface area (Å²) in [6.07, 6.45) is 1.48. The average molecular weight is 161 g/mol. The predicted octanol–water partition coefficient (Wildman–Crippen LogP) is 0.675. The Balaban J connectivity index is 3.99. The van der Waals surface area contributed by atoms with E-state index in [0.717, 1.165) is 0 Å². The molecule has 0 fully saturated rings. The number of carbonyl (C=O) groups is 1. The van der Waals surface area contributed by atoms with Crippen molar-refractivity contribution in [1.29, 1.82) is 0 Å². The number of allylic oxidation sites excluding steroid dienone is 1. The third-order valence-corrected chi connectivity index (χ3v) is 0.917. The summed E-state index contributed by atoms with van der Waals surface area (Å²) >= 11 is 5.26. The van der Waals surface area contributed by atoms with Crippen molar-refractivity contribution in [1.82, 2.24) is 5.32 Å². The third kappa shape index (κ3) is 3.14. The van der Waals surface area contributed by atoms with Crippen LogP contribution >= 0.6 is 11.6 Å². The highest BCUT2D eigenvalue weighted by Gasteiger charge is 2.01. The van der Waals surface area contributed by atoms with Gasteiger partial charge in [0.15, 0.2) is 0 Å². The van der Waals surface area contributed by atoms with E-state index in [-0.39, 0.29) is 10.9 Å². The smallest absolute Gasteiger partial charge is 0.271 e. The molecule has 0 aliphatic rings. The number of halogens is 1. The van der Waals surface area contributed by atoms with E-state index in [2.05, 4.69) is 11.9 Å². The van der Waals surface area contributed by atoms with Crippen molar-refractivity contribution in [3.8, 4) is 0 Å². The van der Waals surface area contributed by atoms with Gasteiger partial charge in [-0.05, 0) is 6.92 Å². The van der Waals surface area contributed by atoms with Gasteiger partial charge in [-0.3, -0.25) is 4.79 Å². The normalized spacial score (nSPS) is 10.8. The van der Waals surface area contributed by atoms with Gasteiger partial charge >= 0.3 is 0 Å². The molecule has 1 amide bonds. The molecule has 0 aliphatic carbocycles. The lowest BCUT2D eigenvalue weighted by Gasteiger charge is -1.99. The van der Waals surface area contributed by atoms with Gasteiger partial charge in [-0.25, -0.2) is 0 Å². The fourth-order valence-electron chi connectivity index (χ4n) is 0.326. The van der Waals surface area contributed by atoms with Gasteiger partial charge < -0.3 is 11.1 Å². The minimum atomic E-state index is -0.428. The quantitative estimate of drug-likeness (QED) is 0.461. The van der Waals surface area contributed by atoms with Crippen molar-refractivity contribution in [3.05, 3.63) is 23.5 Å². The molecular formula is C6H9ClN2O. The molecule has 10 heavy (non-hydrogen) atoms. The number of nitrogens with one attached hydrogen (secondary N) is 1. The summed E-state index contributed by atoms with van der Waals surface area (Å²) in [4.78, 5) is 10.7. The second-order valence-electron chi connectivity index (χ2n) is 1.60. The zero-order chi connectivity index (χ0) is 8.15. The minimum Gasteiger partial charge on any atom is -0.395 e. The van der Waals surface area contributed by atoms with E-state index in [4.69, 9.17) is 17.3 Å². The van der Waals surface area contributed by atoms with E-state index in [1.54, 1.807) is 6.92 Å². The Labute approximate surface area is 64.5 Å². The van der Waals surface area contributed by atoms with E-state index in [1.165, 1.54) is 6.08 Å². The monoisotopic (exact) mass is 160 g/mol. The summed E-state index contributed by atoms with van der Waals surface area (Å²) in [5, 5.41) is 2.30. The highest BCUT2D eigenvalue weighted by Crippen LogP contribution is 1.91. The van der Waals surface area contributed by atoms with Crippen molar-refractivity contribution in [3.63, 3.8) is 0 Å². The molecule has 56 valence electrons. The Kier molecular flexibility index (Phi) is 3.57. The minimum absolute atomic E-state index is 0.0646. The topological polar surface area (TPSA) is 55.1 Å². The maximum atomic E-state index is 10.7. The molecular weight excluding hydrogens is 152 g/mol. The second kappa shape index (κ2) is 3.95. The first kappa shape index (κ1) is 9.04. The molecule has 0 aromatic heterocycles. The first-order valence-electron chi connectivity index (χ1n) is 2.65. The molecule has 0 spiro atoms.